The summed E-state index contributed by atoms with van der Waals surface area (Å²) in [5.41, 5.74) is 3.40. The van der Waals surface area contributed by atoms with Crippen LogP contribution in [0.15, 0.2) is 53.0 Å². The lowest BCUT2D eigenvalue weighted by Gasteiger charge is -2.32. The highest BCUT2D eigenvalue weighted by atomic mass is 79.9. The van der Waals surface area contributed by atoms with E-state index in [2.05, 4.69) is 57.3 Å². The van der Waals surface area contributed by atoms with E-state index in [0.29, 0.717) is 0 Å². The van der Waals surface area contributed by atoms with Crippen molar-refractivity contribution >= 4 is 21.8 Å². The number of nitrogens with zero attached hydrogens (tertiary/aromatic N) is 1. The van der Waals surface area contributed by atoms with Crippen LogP contribution in [-0.2, 0) is 6.54 Å². The number of benzene rings is 2. The van der Waals surface area contributed by atoms with Crippen LogP contribution >= 0.6 is 15.9 Å². The number of rotatable bonds is 4. The quantitative estimate of drug-likeness (QED) is 0.855. The van der Waals surface area contributed by atoms with Gasteiger partial charge >= 0.3 is 0 Å². The third-order valence-corrected chi connectivity index (χ3v) is 5.05. The molecule has 0 unspecified atom stereocenters. The molecule has 0 aromatic heterocycles. The topological polar surface area (TPSA) is 32.3 Å². The van der Waals surface area contributed by atoms with E-state index in [0.717, 1.165) is 42.5 Å². The molecule has 0 saturated carbocycles. The summed E-state index contributed by atoms with van der Waals surface area (Å²) in [6, 6.07) is 16.5. The van der Waals surface area contributed by atoms with Crippen molar-refractivity contribution in [1.29, 1.82) is 0 Å². The average molecular weight is 387 g/mol. The van der Waals surface area contributed by atoms with E-state index >= 15 is 0 Å². The number of aryl methyl sites for hydroxylation is 1. The van der Waals surface area contributed by atoms with Crippen molar-refractivity contribution in [2.75, 3.05) is 13.1 Å². The number of piperidine rings is 1. The molecule has 0 atom stereocenters. The van der Waals surface area contributed by atoms with E-state index in [4.69, 9.17) is 0 Å². The predicted molar refractivity (Wildman–Crippen MR) is 101 cm³/mol. The zero-order valence-electron chi connectivity index (χ0n) is 14.0. The molecule has 1 saturated heterocycles. The Morgan fingerprint density at radius 3 is 2.54 bits per heavy atom. The van der Waals surface area contributed by atoms with Crippen molar-refractivity contribution in [3.8, 4) is 0 Å². The molecular formula is C20H23BrN2O. The highest BCUT2D eigenvalue weighted by Crippen LogP contribution is 2.16. The number of hydrogen-bond acceptors (Lipinski definition) is 2. The molecule has 126 valence electrons. The number of nitrogens with one attached hydrogen (secondary N) is 1. The van der Waals surface area contributed by atoms with Crippen LogP contribution in [0.5, 0.6) is 0 Å². The summed E-state index contributed by atoms with van der Waals surface area (Å²) in [6.45, 7) is 5.18. The summed E-state index contributed by atoms with van der Waals surface area (Å²) in [7, 11) is 0. The molecule has 0 spiro atoms. The third-order valence-electron chi connectivity index (χ3n) is 4.52. The van der Waals surface area contributed by atoms with Gasteiger partial charge < -0.3 is 5.32 Å². The molecule has 2 aromatic carbocycles. The Morgan fingerprint density at radius 1 is 1.17 bits per heavy atom. The van der Waals surface area contributed by atoms with Crippen LogP contribution in [0.2, 0.25) is 0 Å². The maximum Gasteiger partial charge on any atom is 0.251 e. The molecule has 1 fully saturated rings. The molecule has 4 heteroatoms. The Kier molecular flexibility index (Phi) is 5.69. The van der Waals surface area contributed by atoms with Crippen LogP contribution < -0.4 is 5.32 Å². The second-order valence-electron chi connectivity index (χ2n) is 6.52. The molecule has 3 rings (SSSR count). The molecule has 24 heavy (non-hydrogen) atoms. The molecule has 1 N–H and O–H groups in total. The van der Waals surface area contributed by atoms with Gasteiger partial charge in [-0.2, -0.15) is 0 Å². The van der Waals surface area contributed by atoms with Gasteiger partial charge in [0.2, 0.25) is 0 Å². The lowest BCUT2D eigenvalue weighted by atomic mass is 10.0. The first kappa shape index (κ1) is 17.2. The van der Waals surface area contributed by atoms with E-state index in [9.17, 15) is 4.79 Å². The first-order valence-electron chi connectivity index (χ1n) is 8.44. The van der Waals surface area contributed by atoms with Crippen molar-refractivity contribution in [2.24, 2.45) is 0 Å². The Hall–Kier alpha value is -1.65. The summed E-state index contributed by atoms with van der Waals surface area (Å²) in [6.07, 6.45) is 2.02. The minimum Gasteiger partial charge on any atom is -0.349 e. The van der Waals surface area contributed by atoms with Gasteiger partial charge in [0.25, 0.3) is 5.91 Å². The Morgan fingerprint density at radius 2 is 1.88 bits per heavy atom. The SMILES string of the molecule is Cc1cccc(CN2CCC(NC(=O)c3ccc(Br)cc3)CC2)c1. The molecule has 1 heterocycles. The van der Waals surface area contributed by atoms with Crippen molar-refractivity contribution in [3.05, 3.63) is 69.7 Å². The Balaban J connectivity index is 1.48. The van der Waals surface area contributed by atoms with Gasteiger partial charge in [-0.3, -0.25) is 9.69 Å². The summed E-state index contributed by atoms with van der Waals surface area (Å²) < 4.78 is 0.989. The van der Waals surface area contributed by atoms with E-state index in [-0.39, 0.29) is 11.9 Å². The summed E-state index contributed by atoms with van der Waals surface area (Å²) in [5, 5.41) is 3.17. The van der Waals surface area contributed by atoms with Gasteiger partial charge in [-0.05, 0) is 49.6 Å². The van der Waals surface area contributed by atoms with Gasteiger partial charge in [-0.1, -0.05) is 45.8 Å². The molecular weight excluding hydrogens is 364 g/mol. The van der Waals surface area contributed by atoms with Crippen molar-refractivity contribution in [2.45, 2.75) is 32.4 Å². The lowest BCUT2D eigenvalue weighted by Crippen LogP contribution is -2.44. The summed E-state index contributed by atoms with van der Waals surface area (Å²) >= 11 is 3.39. The third kappa shape index (κ3) is 4.68. The van der Waals surface area contributed by atoms with Gasteiger partial charge in [-0.15, -0.1) is 0 Å². The smallest absolute Gasteiger partial charge is 0.251 e. The van der Waals surface area contributed by atoms with Crippen LogP contribution in [0.25, 0.3) is 0 Å². The number of carbonyl (C=O) groups is 1. The first-order chi connectivity index (χ1) is 11.6. The monoisotopic (exact) mass is 386 g/mol. The van der Waals surface area contributed by atoms with Gasteiger partial charge in [-0.25, -0.2) is 0 Å². The number of hydrogen-bond donors (Lipinski definition) is 1. The number of halogens is 1. The maximum absolute atomic E-state index is 12.3. The predicted octanol–water partition coefficient (Wildman–Crippen LogP) is 4.15. The van der Waals surface area contributed by atoms with Crippen molar-refractivity contribution in [1.82, 2.24) is 10.2 Å². The fourth-order valence-corrected chi connectivity index (χ4v) is 3.44. The normalized spacial score (nSPS) is 16.1. The largest absolute Gasteiger partial charge is 0.349 e. The van der Waals surface area contributed by atoms with Gasteiger partial charge in [0.05, 0.1) is 0 Å². The maximum atomic E-state index is 12.3. The zero-order valence-corrected chi connectivity index (χ0v) is 15.6. The molecule has 0 bridgehead atoms. The molecule has 1 amide bonds. The van der Waals surface area contributed by atoms with Crippen LogP contribution in [0.3, 0.4) is 0 Å². The molecule has 1 aliphatic heterocycles. The minimum absolute atomic E-state index is 0.0274. The first-order valence-corrected chi connectivity index (χ1v) is 9.24. The molecule has 3 nitrogen and oxygen atoms in total. The Labute approximate surface area is 152 Å². The van der Waals surface area contributed by atoms with E-state index in [1.165, 1.54) is 11.1 Å². The van der Waals surface area contributed by atoms with Crippen LogP contribution in [0, 0.1) is 6.92 Å². The van der Waals surface area contributed by atoms with Crippen molar-refractivity contribution in [3.63, 3.8) is 0 Å². The van der Waals surface area contributed by atoms with E-state index < -0.39 is 0 Å². The van der Waals surface area contributed by atoms with E-state index in [1.807, 2.05) is 24.3 Å². The van der Waals surface area contributed by atoms with Crippen LogP contribution in [0.4, 0.5) is 0 Å². The summed E-state index contributed by atoms with van der Waals surface area (Å²) in [5.74, 6) is 0.0274. The van der Waals surface area contributed by atoms with E-state index in [1.54, 1.807) is 0 Å². The lowest BCUT2D eigenvalue weighted by molar-refractivity contribution is 0.0909. The average Bonchev–Trinajstić information content (AvgIpc) is 2.57. The standard InChI is InChI=1S/C20H23BrN2O/c1-15-3-2-4-16(13-15)14-23-11-9-19(10-12-23)22-20(24)17-5-7-18(21)8-6-17/h2-8,13,19H,9-12,14H2,1H3,(H,22,24). The summed E-state index contributed by atoms with van der Waals surface area (Å²) in [4.78, 5) is 14.8. The van der Waals surface area contributed by atoms with Crippen LogP contribution in [-0.4, -0.2) is 29.9 Å². The Bertz CT molecular complexity index is 691. The second kappa shape index (κ2) is 7.95. The van der Waals surface area contributed by atoms with Gasteiger partial charge in [0.15, 0.2) is 0 Å². The number of amides is 1. The molecule has 0 radical (unpaired) electrons. The van der Waals surface area contributed by atoms with Crippen molar-refractivity contribution < 1.29 is 4.79 Å². The molecule has 0 aliphatic carbocycles. The van der Waals surface area contributed by atoms with Gasteiger partial charge in [0, 0.05) is 35.7 Å². The van der Waals surface area contributed by atoms with Crippen LogP contribution in [0.1, 0.15) is 34.3 Å². The number of likely N-dealkylation sites (tertiary alicyclic amines) is 1. The molecule has 2 aromatic rings. The van der Waals surface area contributed by atoms with Gasteiger partial charge in [0.1, 0.15) is 0 Å². The molecule has 1 aliphatic rings. The zero-order chi connectivity index (χ0) is 16.9. The number of carbonyl (C=O) groups excluding carboxylic acids is 1. The highest BCUT2D eigenvalue weighted by molar-refractivity contribution is 9.10. The fraction of sp³-hybridized carbons (Fsp3) is 0.350. The second-order valence-corrected chi connectivity index (χ2v) is 7.44. The highest BCUT2D eigenvalue weighted by Gasteiger charge is 2.21. The minimum atomic E-state index is 0.0274. The fourth-order valence-electron chi connectivity index (χ4n) is 3.17.